The summed E-state index contributed by atoms with van der Waals surface area (Å²) in [7, 11) is 0. The molecule has 0 radical (unpaired) electrons. The zero-order chi connectivity index (χ0) is 13.7. The number of unbranched alkanes of at least 4 members (excludes halogenated alkanes) is 1. The number of rotatable bonds is 6. The summed E-state index contributed by atoms with van der Waals surface area (Å²) in [4.78, 5) is 11.2. The van der Waals surface area contributed by atoms with Gasteiger partial charge in [-0.3, -0.25) is 0 Å². The second-order valence-corrected chi connectivity index (χ2v) is 7.88. The van der Waals surface area contributed by atoms with E-state index < -0.39 is 21.7 Å². The molecule has 1 rings (SSSR count). The van der Waals surface area contributed by atoms with Crippen molar-refractivity contribution in [3.8, 4) is 0 Å². The first-order valence-electron chi connectivity index (χ1n) is 6.21. The van der Waals surface area contributed by atoms with Crippen molar-refractivity contribution in [2.24, 2.45) is 0 Å². The Morgan fingerprint density at radius 2 is 1.94 bits per heavy atom. The third-order valence-corrected chi connectivity index (χ3v) is 6.08. The SMILES string of the molecule is CCCCC([AsH]c1cc(C)c(F)c(C)c1)C(=O)O. The quantitative estimate of drug-likeness (QED) is 0.820. The summed E-state index contributed by atoms with van der Waals surface area (Å²) in [5.41, 5.74) is 1.24. The number of halogens is 1. The van der Waals surface area contributed by atoms with Crippen LogP contribution in [0.25, 0.3) is 0 Å². The number of aliphatic carboxylic acids is 1. The van der Waals surface area contributed by atoms with Crippen LogP contribution < -0.4 is 4.35 Å². The van der Waals surface area contributed by atoms with Crippen LogP contribution in [0.2, 0.25) is 4.71 Å². The van der Waals surface area contributed by atoms with Gasteiger partial charge >= 0.3 is 114 Å². The van der Waals surface area contributed by atoms with Crippen LogP contribution in [0, 0.1) is 19.7 Å². The van der Waals surface area contributed by atoms with Crippen molar-refractivity contribution in [2.45, 2.75) is 44.7 Å². The number of aryl methyl sites for hydroxylation is 2. The molecule has 0 aromatic heterocycles. The molecule has 0 aliphatic heterocycles. The van der Waals surface area contributed by atoms with Crippen LogP contribution in [-0.2, 0) is 4.79 Å². The van der Waals surface area contributed by atoms with E-state index in [1.165, 1.54) is 0 Å². The predicted molar refractivity (Wildman–Crippen MR) is 73.6 cm³/mol. The maximum absolute atomic E-state index is 13.5. The summed E-state index contributed by atoms with van der Waals surface area (Å²) in [6.07, 6.45) is 2.69. The topological polar surface area (TPSA) is 37.3 Å². The van der Waals surface area contributed by atoms with Gasteiger partial charge < -0.3 is 0 Å². The molecule has 2 nitrogen and oxygen atoms in total. The van der Waals surface area contributed by atoms with Crippen LogP contribution in [0.5, 0.6) is 0 Å². The number of carboxylic acid groups (broad SMARTS) is 1. The van der Waals surface area contributed by atoms with Gasteiger partial charge in [0.05, 0.1) is 0 Å². The Morgan fingerprint density at radius 1 is 1.39 bits per heavy atom. The van der Waals surface area contributed by atoms with Gasteiger partial charge in [-0.25, -0.2) is 0 Å². The van der Waals surface area contributed by atoms with E-state index in [0.717, 1.165) is 23.6 Å². The van der Waals surface area contributed by atoms with Crippen molar-refractivity contribution >= 4 is 26.1 Å². The van der Waals surface area contributed by atoms with E-state index in [1.807, 2.05) is 12.1 Å². The third kappa shape index (κ3) is 4.13. The van der Waals surface area contributed by atoms with E-state index in [9.17, 15) is 14.3 Å². The minimum absolute atomic E-state index is 0.175. The van der Waals surface area contributed by atoms with Gasteiger partial charge in [0.15, 0.2) is 0 Å². The molecule has 0 heterocycles. The van der Waals surface area contributed by atoms with Crippen LogP contribution in [0.15, 0.2) is 12.1 Å². The first-order valence-corrected chi connectivity index (χ1v) is 8.47. The first-order chi connectivity index (χ1) is 8.45. The summed E-state index contributed by atoms with van der Waals surface area (Å²) in [6, 6.07) is 3.62. The molecule has 4 heteroatoms. The average Bonchev–Trinajstić information content (AvgIpc) is 2.30. The van der Waals surface area contributed by atoms with Gasteiger partial charge in [0.2, 0.25) is 0 Å². The fourth-order valence-corrected chi connectivity index (χ4v) is 4.99. The zero-order valence-corrected chi connectivity index (χ0v) is 13.2. The van der Waals surface area contributed by atoms with E-state index in [2.05, 4.69) is 6.92 Å². The van der Waals surface area contributed by atoms with Crippen molar-refractivity contribution < 1.29 is 14.3 Å². The Kier molecular flexibility index (Phi) is 5.87. The Morgan fingerprint density at radius 3 is 2.39 bits per heavy atom. The molecule has 18 heavy (non-hydrogen) atoms. The van der Waals surface area contributed by atoms with Crippen LogP contribution >= 0.6 is 0 Å². The number of hydrogen-bond donors (Lipinski definition) is 1. The third-order valence-electron chi connectivity index (χ3n) is 2.92. The number of hydrogen-bond acceptors (Lipinski definition) is 1. The molecule has 0 bridgehead atoms. The van der Waals surface area contributed by atoms with Crippen LogP contribution in [0.3, 0.4) is 0 Å². The molecule has 0 spiro atoms. The first kappa shape index (κ1) is 15.2. The fourth-order valence-electron chi connectivity index (χ4n) is 1.90. The normalized spacial score (nSPS) is 13.1. The summed E-state index contributed by atoms with van der Waals surface area (Å²) in [6.45, 7) is 5.53. The molecule has 2 unspecified atom stereocenters. The Balaban J connectivity index is 2.84. The van der Waals surface area contributed by atoms with E-state index in [0.29, 0.717) is 11.1 Å². The predicted octanol–water partition coefficient (Wildman–Crippen LogP) is 2.57. The Hall–Kier alpha value is -0.822. The average molecular weight is 314 g/mol. The zero-order valence-electron chi connectivity index (χ0n) is 11.1. The number of benzene rings is 1. The van der Waals surface area contributed by atoms with Crippen molar-refractivity contribution in [2.75, 3.05) is 0 Å². The van der Waals surface area contributed by atoms with Gasteiger partial charge in [-0.05, 0) is 0 Å². The van der Waals surface area contributed by atoms with Gasteiger partial charge in [0.1, 0.15) is 0 Å². The molecule has 1 aromatic rings. The minimum atomic E-state index is -0.753. The maximum atomic E-state index is 13.5. The van der Waals surface area contributed by atoms with Gasteiger partial charge in [-0.1, -0.05) is 0 Å². The van der Waals surface area contributed by atoms with E-state index in [4.69, 9.17) is 0 Å². The molecule has 1 aromatic carbocycles. The van der Waals surface area contributed by atoms with Gasteiger partial charge in [0.25, 0.3) is 0 Å². The molecule has 2 atom stereocenters. The fraction of sp³-hybridized carbons (Fsp3) is 0.500. The van der Waals surface area contributed by atoms with Gasteiger partial charge in [-0.2, -0.15) is 0 Å². The molecule has 0 saturated heterocycles. The standard InChI is InChI=1S/C14H20AsFO2/c1-4-5-6-12(14(17)18)15-11-7-9(2)13(16)10(3)8-11/h7-8,12,15H,4-6H2,1-3H3,(H,17,18). The van der Waals surface area contributed by atoms with Crippen molar-refractivity contribution in [3.05, 3.63) is 29.1 Å². The summed E-state index contributed by atoms with van der Waals surface area (Å²) in [5, 5.41) is 9.21. The van der Waals surface area contributed by atoms with Crippen molar-refractivity contribution in [1.29, 1.82) is 0 Å². The molecule has 0 saturated carbocycles. The van der Waals surface area contributed by atoms with Crippen molar-refractivity contribution in [3.63, 3.8) is 0 Å². The summed E-state index contributed by atoms with van der Waals surface area (Å²) in [5.74, 6) is -0.881. The summed E-state index contributed by atoms with van der Waals surface area (Å²) < 4.78 is 14.3. The van der Waals surface area contributed by atoms with Crippen LogP contribution in [-0.4, -0.2) is 26.8 Å². The molecule has 0 aliphatic rings. The second-order valence-electron chi connectivity index (χ2n) is 4.60. The molecule has 0 fully saturated rings. The molecular weight excluding hydrogens is 294 g/mol. The second kappa shape index (κ2) is 6.94. The van der Waals surface area contributed by atoms with E-state index >= 15 is 0 Å². The Labute approximate surface area is 114 Å². The number of carbonyl (C=O) groups is 1. The monoisotopic (exact) mass is 314 g/mol. The summed E-state index contributed by atoms with van der Waals surface area (Å²) >= 11 is -0.753. The van der Waals surface area contributed by atoms with E-state index in [-0.39, 0.29) is 10.5 Å². The van der Waals surface area contributed by atoms with Crippen LogP contribution in [0.1, 0.15) is 37.3 Å². The Bertz CT molecular complexity index is 409. The van der Waals surface area contributed by atoms with Gasteiger partial charge in [-0.15, -0.1) is 0 Å². The van der Waals surface area contributed by atoms with E-state index in [1.54, 1.807) is 13.8 Å². The van der Waals surface area contributed by atoms with Crippen molar-refractivity contribution in [1.82, 2.24) is 0 Å². The van der Waals surface area contributed by atoms with Gasteiger partial charge in [0, 0.05) is 0 Å². The molecule has 0 amide bonds. The molecule has 100 valence electrons. The molecule has 0 aliphatic carbocycles. The molecule has 1 N–H and O–H groups in total. The van der Waals surface area contributed by atoms with Crippen LogP contribution in [0.4, 0.5) is 4.39 Å². The molecular formula is C14H20AsFO2. The number of carboxylic acids is 1.